The summed E-state index contributed by atoms with van der Waals surface area (Å²) in [6, 6.07) is 5.99. The zero-order valence-electron chi connectivity index (χ0n) is 14.3. The van der Waals surface area contributed by atoms with E-state index in [9.17, 15) is 14.0 Å². The summed E-state index contributed by atoms with van der Waals surface area (Å²) in [5.41, 5.74) is 0.262. The minimum Gasteiger partial charge on any atom is -0.481 e. The van der Waals surface area contributed by atoms with Crippen LogP contribution < -0.4 is 0 Å². The molecule has 0 aliphatic heterocycles. The van der Waals surface area contributed by atoms with E-state index in [2.05, 4.69) is 10.2 Å². The third-order valence-corrected chi connectivity index (χ3v) is 4.10. The molecule has 1 aromatic carbocycles. The molecule has 138 valence electrons. The van der Waals surface area contributed by atoms with E-state index < -0.39 is 23.6 Å². The third kappa shape index (κ3) is 4.59. The molecular weight excluding hydrogens is 341 g/mol. The highest BCUT2D eigenvalue weighted by Gasteiger charge is 2.28. The molecule has 0 saturated heterocycles. The van der Waals surface area contributed by atoms with Gasteiger partial charge in [-0.1, -0.05) is 19.1 Å². The SMILES string of the molecule is CCC(C(=N)C(C=O)CCCC(=O)O)c1nnc(-c2ccccc2F)o1. The Morgan fingerprint density at radius 1 is 1.38 bits per heavy atom. The third-order valence-electron chi connectivity index (χ3n) is 4.10. The first-order valence-electron chi connectivity index (χ1n) is 8.31. The van der Waals surface area contributed by atoms with Crippen molar-refractivity contribution >= 4 is 18.0 Å². The highest BCUT2D eigenvalue weighted by atomic mass is 19.1. The van der Waals surface area contributed by atoms with Gasteiger partial charge in [-0.25, -0.2) is 4.39 Å². The van der Waals surface area contributed by atoms with Crippen molar-refractivity contribution in [2.45, 2.75) is 38.5 Å². The highest BCUT2D eigenvalue weighted by molar-refractivity contribution is 5.99. The number of hydrogen-bond donors (Lipinski definition) is 2. The number of hydrogen-bond acceptors (Lipinski definition) is 6. The van der Waals surface area contributed by atoms with Gasteiger partial charge in [-0.05, 0) is 31.4 Å². The van der Waals surface area contributed by atoms with Crippen LogP contribution in [0, 0.1) is 17.1 Å². The normalized spacial score (nSPS) is 13.2. The van der Waals surface area contributed by atoms with Gasteiger partial charge in [0.1, 0.15) is 12.1 Å². The first-order chi connectivity index (χ1) is 12.5. The highest BCUT2D eigenvalue weighted by Crippen LogP contribution is 2.28. The molecule has 7 nitrogen and oxygen atoms in total. The van der Waals surface area contributed by atoms with Crippen molar-refractivity contribution in [2.75, 3.05) is 0 Å². The van der Waals surface area contributed by atoms with Gasteiger partial charge in [0, 0.05) is 12.1 Å². The summed E-state index contributed by atoms with van der Waals surface area (Å²) in [5.74, 6) is -2.59. The maximum atomic E-state index is 13.8. The summed E-state index contributed by atoms with van der Waals surface area (Å²) >= 11 is 0. The van der Waals surface area contributed by atoms with Gasteiger partial charge >= 0.3 is 5.97 Å². The lowest BCUT2D eigenvalue weighted by molar-refractivity contribution is -0.137. The summed E-state index contributed by atoms with van der Waals surface area (Å²) in [7, 11) is 0. The molecule has 0 aliphatic carbocycles. The van der Waals surface area contributed by atoms with Crippen LogP contribution in [-0.2, 0) is 9.59 Å². The molecule has 1 aromatic heterocycles. The maximum Gasteiger partial charge on any atom is 0.303 e. The molecule has 0 aliphatic rings. The van der Waals surface area contributed by atoms with Crippen molar-refractivity contribution in [3.05, 3.63) is 36.0 Å². The van der Waals surface area contributed by atoms with E-state index in [0.717, 1.165) is 0 Å². The largest absolute Gasteiger partial charge is 0.481 e. The van der Waals surface area contributed by atoms with Crippen LogP contribution in [0.25, 0.3) is 11.5 Å². The number of halogens is 1. The van der Waals surface area contributed by atoms with Crippen molar-refractivity contribution in [1.82, 2.24) is 10.2 Å². The Kier molecular flexibility index (Phi) is 6.71. The molecule has 2 rings (SSSR count). The van der Waals surface area contributed by atoms with Gasteiger partial charge in [0.2, 0.25) is 5.89 Å². The number of aldehydes is 1. The zero-order chi connectivity index (χ0) is 19.1. The van der Waals surface area contributed by atoms with Gasteiger partial charge < -0.3 is 19.7 Å². The summed E-state index contributed by atoms with van der Waals surface area (Å²) in [4.78, 5) is 22.0. The van der Waals surface area contributed by atoms with Crippen molar-refractivity contribution in [3.63, 3.8) is 0 Å². The molecule has 8 heteroatoms. The van der Waals surface area contributed by atoms with Gasteiger partial charge in [-0.2, -0.15) is 0 Å². The van der Waals surface area contributed by atoms with Crippen LogP contribution in [0.1, 0.15) is 44.4 Å². The van der Waals surface area contributed by atoms with Crippen LogP contribution in [0.4, 0.5) is 4.39 Å². The molecule has 0 saturated carbocycles. The van der Waals surface area contributed by atoms with Crippen LogP contribution >= 0.6 is 0 Å². The fourth-order valence-corrected chi connectivity index (χ4v) is 2.67. The van der Waals surface area contributed by atoms with Gasteiger partial charge in [-0.3, -0.25) is 4.79 Å². The fraction of sp³-hybridized carbons (Fsp3) is 0.389. The second-order valence-corrected chi connectivity index (χ2v) is 5.87. The second kappa shape index (κ2) is 8.98. The maximum absolute atomic E-state index is 13.8. The Morgan fingerprint density at radius 3 is 2.73 bits per heavy atom. The predicted octanol–water partition coefficient (Wildman–Crippen LogP) is 3.46. The minimum absolute atomic E-state index is 0.0119. The van der Waals surface area contributed by atoms with Crippen LogP contribution in [0.3, 0.4) is 0 Å². The van der Waals surface area contributed by atoms with Crippen LogP contribution in [0.2, 0.25) is 0 Å². The van der Waals surface area contributed by atoms with Crippen LogP contribution in [0.5, 0.6) is 0 Å². The van der Waals surface area contributed by atoms with Gasteiger partial charge in [0.05, 0.1) is 17.4 Å². The number of benzene rings is 1. The number of nitrogens with one attached hydrogen (secondary N) is 1. The molecule has 2 aromatic rings. The van der Waals surface area contributed by atoms with Crippen LogP contribution in [-0.4, -0.2) is 33.3 Å². The van der Waals surface area contributed by atoms with Crippen molar-refractivity contribution < 1.29 is 23.5 Å². The monoisotopic (exact) mass is 361 g/mol. The number of carbonyl (C=O) groups is 2. The smallest absolute Gasteiger partial charge is 0.303 e. The Bertz CT molecular complexity index is 790. The van der Waals surface area contributed by atoms with Crippen molar-refractivity contribution in [3.8, 4) is 11.5 Å². The Balaban J connectivity index is 2.17. The van der Waals surface area contributed by atoms with Crippen LogP contribution in [0.15, 0.2) is 28.7 Å². The molecule has 0 amide bonds. The second-order valence-electron chi connectivity index (χ2n) is 5.87. The first-order valence-corrected chi connectivity index (χ1v) is 8.31. The number of rotatable bonds is 10. The summed E-state index contributed by atoms with van der Waals surface area (Å²) in [6.07, 6.45) is 1.58. The predicted molar refractivity (Wildman–Crippen MR) is 91.5 cm³/mol. The average molecular weight is 361 g/mol. The molecule has 1 heterocycles. The summed E-state index contributed by atoms with van der Waals surface area (Å²) < 4.78 is 19.4. The summed E-state index contributed by atoms with van der Waals surface area (Å²) in [5, 5.41) is 24.8. The van der Waals surface area contributed by atoms with Crippen molar-refractivity contribution in [2.24, 2.45) is 5.92 Å². The molecule has 2 unspecified atom stereocenters. The average Bonchev–Trinajstić information content (AvgIpc) is 3.09. The van der Waals surface area contributed by atoms with Gasteiger partial charge in [-0.15, -0.1) is 10.2 Å². The van der Waals surface area contributed by atoms with E-state index in [0.29, 0.717) is 19.1 Å². The standard InChI is InChI=1S/C18H20FN3O4/c1-2-12(16(20)11(10-23)6-5-9-15(24)25)17-21-22-18(26-17)13-7-3-4-8-14(13)19/h3-4,7-8,10-12,20H,2,5-6,9H2,1H3,(H,24,25). The molecule has 0 radical (unpaired) electrons. The minimum atomic E-state index is -0.945. The topological polar surface area (TPSA) is 117 Å². The van der Waals surface area contributed by atoms with Gasteiger partial charge in [0.25, 0.3) is 5.89 Å². The number of nitrogens with zero attached hydrogens (tertiary/aromatic N) is 2. The van der Waals surface area contributed by atoms with Crippen molar-refractivity contribution in [1.29, 1.82) is 5.41 Å². The molecule has 0 bridgehead atoms. The molecule has 2 N–H and O–H groups in total. The quantitative estimate of drug-likeness (QED) is 0.494. The van der Waals surface area contributed by atoms with E-state index in [4.69, 9.17) is 14.9 Å². The van der Waals surface area contributed by atoms with E-state index in [-0.39, 0.29) is 35.9 Å². The number of aromatic nitrogens is 2. The summed E-state index contributed by atoms with van der Waals surface area (Å²) in [6.45, 7) is 1.81. The molecule has 26 heavy (non-hydrogen) atoms. The number of carboxylic acid groups (broad SMARTS) is 1. The van der Waals surface area contributed by atoms with E-state index in [1.807, 2.05) is 6.92 Å². The molecule has 2 atom stereocenters. The lowest BCUT2D eigenvalue weighted by Gasteiger charge is -2.17. The zero-order valence-corrected chi connectivity index (χ0v) is 14.3. The lowest BCUT2D eigenvalue weighted by atomic mass is 9.87. The Hall–Kier alpha value is -2.90. The molecule has 0 spiro atoms. The lowest BCUT2D eigenvalue weighted by Crippen LogP contribution is -2.23. The Morgan fingerprint density at radius 2 is 2.12 bits per heavy atom. The number of carboxylic acids is 1. The fourth-order valence-electron chi connectivity index (χ4n) is 2.67. The Labute approximate surface area is 149 Å². The van der Waals surface area contributed by atoms with E-state index in [1.165, 1.54) is 12.1 Å². The number of aliphatic carboxylic acids is 1. The van der Waals surface area contributed by atoms with Gasteiger partial charge in [0.15, 0.2) is 0 Å². The number of carbonyl (C=O) groups excluding carboxylic acids is 1. The molecule has 0 fully saturated rings. The van der Waals surface area contributed by atoms with E-state index >= 15 is 0 Å². The van der Waals surface area contributed by atoms with E-state index in [1.54, 1.807) is 12.1 Å². The first kappa shape index (κ1) is 19.4. The molecular formula is C18H20FN3O4.